The number of likely N-dealkylation sites (N-methyl/N-ethyl adjacent to an activating group) is 1. The quantitative estimate of drug-likeness (QED) is 0.642. The zero-order valence-electron chi connectivity index (χ0n) is 19.0. The molecule has 1 atom stereocenters. The molecule has 0 aliphatic carbocycles. The molecule has 1 aromatic heterocycles. The van der Waals surface area contributed by atoms with Gasteiger partial charge in [0.05, 0.1) is 16.8 Å². The molecule has 2 aliphatic rings. The van der Waals surface area contributed by atoms with Crippen LogP contribution < -0.4 is 14.9 Å². The molecule has 1 amide bonds. The van der Waals surface area contributed by atoms with Crippen LogP contribution >= 0.6 is 0 Å². The molecule has 0 radical (unpaired) electrons. The van der Waals surface area contributed by atoms with E-state index >= 15 is 0 Å². The standard InChI is InChI=1S/C23H30N6O3S/c1-3-4-8-19(26-22-18-7-5-6-9-20(18)33(31,32)27-22)23(30)25-17-10-11-21(24-16-17)29-14-12-28(2)13-15-29/h5-7,9-11,16,19H,3-4,8,12-15H2,1-2H3,(H,25,30)(H,26,27). The van der Waals surface area contributed by atoms with E-state index in [0.717, 1.165) is 44.8 Å². The predicted octanol–water partition coefficient (Wildman–Crippen LogP) is 2.07. The Morgan fingerprint density at radius 3 is 2.64 bits per heavy atom. The van der Waals surface area contributed by atoms with Gasteiger partial charge in [-0.05, 0) is 37.7 Å². The number of anilines is 2. The molecule has 2 aromatic rings. The van der Waals surface area contributed by atoms with Crippen molar-refractivity contribution in [2.45, 2.75) is 37.1 Å². The molecular weight excluding hydrogens is 440 g/mol. The summed E-state index contributed by atoms with van der Waals surface area (Å²) in [6.45, 7) is 5.86. The number of hydrogen-bond donors (Lipinski definition) is 2. The highest BCUT2D eigenvalue weighted by molar-refractivity contribution is 7.90. The lowest BCUT2D eigenvalue weighted by molar-refractivity contribution is -0.117. The van der Waals surface area contributed by atoms with Gasteiger partial charge in [0.15, 0.2) is 0 Å². The van der Waals surface area contributed by atoms with Crippen molar-refractivity contribution in [2.24, 2.45) is 4.99 Å². The fraction of sp³-hybridized carbons (Fsp3) is 0.435. The fourth-order valence-corrected chi connectivity index (χ4v) is 5.18. The van der Waals surface area contributed by atoms with Crippen LogP contribution in [0.15, 0.2) is 52.5 Å². The van der Waals surface area contributed by atoms with Gasteiger partial charge in [-0.3, -0.25) is 14.5 Å². The summed E-state index contributed by atoms with van der Waals surface area (Å²) in [6, 6.07) is 9.69. The second kappa shape index (κ2) is 9.88. The number of rotatable bonds is 7. The third-order valence-corrected chi connectivity index (χ3v) is 7.32. The van der Waals surface area contributed by atoms with E-state index in [1.54, 1.807) is 24.4 Å². The zero-order chi connectivity index (χ0) is 23.4. The number of sulfonamides is 1. The summed E-state index contributed by atoms with van der Waals surface area (Å²) >= 11 is 0. The number of pyridine rings is 1. The van der Waals surface area contributed by atoms with E-state index in [-0.39, 0.29) is 16.6 Å². The van der Waals surface area contributed by atoms with Crippen LogP contribution in [0.1, 0.15) is 31.7 Å². The first-order valence-corrected chi connectivity index (χ1v) is 12.8. The summed E-state index contributed by atoms with van der Waals surface area (Å²) in [4.78, 5) is 26.8. The van der Waals surface area contributed by atoms with Gasteiger partial charge in [0, 0.05) is 31.7 Å². The third-order valence-electron chi connectivity index (χ3n) is 5.92. The van der Waals surface area contributed by atoms with Crippen molar-refractivity contribution < 1.29 is 13.2 Å². The molecule has 1 unspecified atom stereocenters. The number of piperazine rings is 1. The van der Waals surface area contributed by atoms with Crippen molar-refractivity contribution in [3.05, 3.63) is 48.2 Å². The maximum Gasteiger partial charge on any atom is 0.263 e. The lowest BCUT2D eigenvalue weighted by Crippen LogP contribution is -2.44. The molecule has 1 fully saturated rings. The topological polar surface area (TPSA) is 107 Å². The highest BCUT2D eigenvalue weighted by atomic mass is 32.2. The number of carbonyl (C=O) groups is 1. The Kier molecular flexibility index (Phi) is 6.94. The molecule has 4 rings (SSSR count). The molecule has 2 aliphatic heterocycles. The Labute approximate surface area is 195 Å². The number of fused-ring (bicyclic) bond motifs is 1. The van der Waals surface area contributed by atoms with Crippen molar-refractivity contribution in [3.63, 3.8) is 0 Å². The van der Waals surface area contributed by atoms with Crippen LogP contribution in [0.25, 0.3) is 0 Å². The molecule has 1 aromatic carbocycles. The van der Waals surface area contributed by atoms with Crippen molar-refractivity contribution >= 4 is 33.3 Å². The summed E-state index contributed by atoms with van der Waals surface area (Å²) in [5.74, 6) is 0.819. The maximum absolute atomic E-state index is 13.1. The van der Waals surface area contributed by atoms with Gasteiger partial charge in [-0.15, -0.1) is 0 Å². The minimum Gasteiger partial charge on any atom is -0.354 e. The molecule has 1 saturated heterocycles. The monoisotopic (exact) mass is 470 g/mol. The normalized spacial score (nSPS) is 19.7. The van der Waals surface area contributed by atoms with E-state index in [0.29, 0.717) is 17.7 Å². The SMILES string of the molecule is CCCCC(N=C1NS(=O)(=O)c2ccccc21)C(=O)Nc1ccc(N2CCN(C)CC2)nc1. The first-order chi connectivity index (χ1) is 15.9. The van der Waals surface area contributed by atoms with Crippen LogP contribution in [0.5, 0.6) is 0 Å². The van der Waals surface area contributed by atoms with E-state index in [9.17, 15) is 13.2 Å². The summed E-state index contributed by atoms with van der Waals surface area (Å²) in [7, 11) is -1.55. The number of aromatic nitrogens is 1. The molecule has 2 N–H and O–H groups in total. The van der Waals surface area contributed by atoms with Crippen LogP contribution in [0.3, 0.4) is 0 Å². The van der Waals surface area contributed by atoms with E-state index < -0.39 is 16.1 Å². The van der Waals surface area contributed by atoms with Crippen LogP contribution in [-0.4, -0.2) is 69.3 Å². The lowest BCUT2D eigenvalue weighted by Gasteiger charge is -2.33. The average molecular weight is 471 g/mol. The van der Waals surface area contributed by atoms with Gasteiger partial charge in [0.25, 0.3) is 10.0 Å². The number of amidine groups is 1. The molecule has 0 bridgehead atoms. The number of nitrogens with one attached hydrogen (secondary N) is 2. The average Bonchev–Trinajstić information content (AvgIpc) is 3.07. The number of amides is 1. The minimum atomic E-state index is -3.65. The van der Waals surface area contributed by atoms with E-state index in [2.05, 4.69) is 36.9 Å². The fourth-order valence-electron chi connectivity index (χ4n) is 3.95. The van der Waals surface area contributed by atoms with Crippen molar-refractivity contribution in [1.82, 2.24) is 14.6 Å². The third kappa shape index (κ3) is 5.33. The first-order valence-electron chi connectivity index (χ1n) is 11.3. The number of benzene rings is 1. The smallest absolute Gasteiger partial charge is 0.263 e. The second-order valence-corrected chi connectivity index (χ2v) is 10.1. The molecule has 33 heavy (non-hydrogen) atoms. The molecule has 0 saturated carbocycles. The van der Waals surface area contributed by atoms with E-state index in [1.165, 1.54) is 6.07 Å². The number of carbonyl (C=O) groups excluding carboxylic acids is 1. The van der Waals surface area contributed by atoms with Crippen molar-refractivity contribution in [3.8, 4) is 0 Å². The van der Waals surface area contributed by atoms with Crippen LogP contribution in [0.2, 0.25) is 0 Å². The molecule has 176 valence electrons. The van der Waals surface area contributed by atoms with Crippen molar-refractivity contribution in [1.29, 1.82) is 0 Å². The van der Waals surface area contributed by atoms with Gasteiger partial charge in [0.1, 0.15) is 17.7 Å². The summed E-state index contributed by atoms with van der Waals surface area (Å²) in [6.07, 6.45) is 3.87. The van der Waals surface area contributed by atoms with Crippen LogP contribution in [0, 0.1) is 0 Å². The van der Waals surface area contributed by atoms with Gasteiger partial charge < -0.3 is 15.1 Å². The Hall–Kier alpha value is -2.98. The zero-order valence-corrected chi connectivity index (χ0v) is 19.8. The largest absolute Gasteiger partial charge is 0.354 e. The summed E-state index contributed by atoms with van der Waals surface area (Å²) in [5, 5.41) is 2.89. The highest BCUT2D eigenvalue weighted by Crippen LogP contribution is 2.23. The lowest BCUT2D eigenvalue weighted by atomic mass is 10.1. The van der Waals surface area contributed by atoms with Gasteiger partial charge >= 0.3 is 0 Å². The van der Waals surface area contributed by atoms with Crippen LogP contribution in [-0.2, 0) is 14.8 Å². The van der Waals surface area contributed by atoms with E-state index in [1.807, 2.05) is 19.1 Å². The van der Waals surface area contributed by atoms with Gasteiger partial charge in [-0.2, -0.15) is 0 Å². The highest BCUT2D eigenvalue weighted by Gasteiger charge is 2.31. The van der Waals surface area contributed by atoms with Crippen molar-refractivity contribution in [2.75, 3.05) is 43.4 Å². The molecule has 9 nitrogen and oxygen atoms in total. The Morgan fingerprint density at radius 1 is 1.18 bits per heavy atom. The van der Waals surface area contributed by atoms with Gasteiger partial charge in [-0.1, -0.05) is 31.9 Å². The Morgan fingerprint density at radius 2 is 1.94 bits per heavy atom. The number of nitrogens with zero attached hydrogens (tertiary/aromatic N) is 4. The number of unbranched alkanes of at least 4 members (excludes halogenated alkanes) is 1. The second-order valence-electron chi connectivity index (χ2n) is 8.42. The van der Waals surface area contributed by atoms with E-state index in [4.69, 9.17) is 0 Å². The molecular formula is C23H30N6O3S. The molecule has 0 spiro atoms. The predicted molar refractivity (Wildman–Crippen MR) is 129 cm³/mol. The Bertz CT molecular complexity index is 1130. The van der Waals surface area contributed by atoms with Crippen LogP contribution in [0.4, 0.5) is 11.5 Å². The first kappa shape index (κ1) is 23.2. The number of hydrogen-bond acceptors (Lipinski definition) is 7. The Balaban J connectivity index is 1.49. The number of aliphatic imine (C=N–C) groups is 1. The molecule has 3 heterocycles. The maximum atomic E-state index is 13.1. The minimum absolute atomic E-state index is 0.182. The summed E-state index contributed by atoms with van der Waals surface area (Å²) in [5.41, 5.74) is 1.08. The van der Waals surface area contributed by atoms with Gasteiger partial charge in [0.2, 0.25) is 5.91 Å². The van der Waals surface area contributed by atoms with Gasteiger partial charge in [-0.25, -0.2) is 13.4 Å². The summed E-state index contributed by atoms with van der Waals surface area (Å²) < 4.78 is 27.3. The molecule has 10 heteroatoms.